The van der Waals surface area contributed by atoms with Crippen LogP contribution in [0.15, 0.2) is 22.7 Å². The largest absolute Gasteiger partial charge is 0.236 e. The van der Waals surface area contributed by atoms with Gasteiger partial charge in [-0.3, -0.25) is 0 Å². The van der Waals surface area contributed by atoms with Crippen molar-refractivity contribution in [3.8, 4) is 0 Å². The van der Waals surface area contributed by atoms with Crippen molar-refractivity contribution in [3.05, 3.63) is 56.0 Å². The Balaban J connectivity index is 1.92. The molecule has 1 fully saturated rings. The monoisotopic (exact) mass is 350 g/mol. The SMILES string of the molecule is Cc1ccc(Cc2nc(Cl)c(Br)c(C3CC3)n2)cc1C. The second-order valence-electron chi connectivity index (χ2n) is 5.50. The van der Waals surface area contributed by atoms with E-state index in [9.17, 15) is 0 Å². The topological polar surface area (TPSA) is 25.8 Å². The highest BCUT2D eigenvalue weighted by atomic mass is 79.9. The van der Waals surface area contributed by atoms with Crippen LogP contribution in [-0.2, 0) is 6.42 Å². The van der Waals surface area contributed by atoms with Gasteiger partial charge in [0.15, 0.2) is 0 Å². The van der Waals surface area contributed by atoms with Gasteiger partial charge in [0.25, 0.3) is 0 Å². The van der Waals surface area contributed by atoms with Crippen LogP contribution < -0.4 is 0 Å². The van der Waals surface area contributed by atoms with E-state index in [2.05, 4.69) is 53.0 Å². The second-order valence-corrected chi connectivity index (χ2v) is 6.65. The lowest BCUT2D eigenvalue weighted by molar-refractivity contribution is 0.889. The van der Waals surface area contributed by atoms with Gasteiger partial charge in [0.05, 0.1) is 10.2 Å². The van der Waals surface area contributed by atoms with Gasteiger partial charge in [-0.2, -0.15) is 0 Å². The molecule has 20 heavy (non-hydrogen) atoms. The molecule has 0 atom stereocenters. The molecule has 1 aromatic carbocycles. The summed E-state index contributed by atoms with van der Waals surface area (Å²) in [5.41, 5.74) is 4.91. The molecule has 1 aliphatic rings. The van der Waals surface area contributed by atoms with E-state index in [0.29, 0.717) is 11.1 Å². The van der Waals surface area contributed by atoms with Crippen molar-refractivity contribution in [2.24, 2.45) is 0 Å². The molecule has 2 aromatic rings. The number of halogens is 2. The zero-order valence-electron chi connectivity index (χ0n) is 11.6. The van der Waals surface area contributed by atoms with Crippen LogP contribution in [0.3, 0.4) is 0 Å². The second kappa shape index (κ2) is 5.45. The van der Waals surface area contributed by atoms with E-state index in [1.54, 1.807) is 0 Å². The molecule has 2 nitrogen and oxygen atoms in total. The lowest BCUT2D eigenvalue weighted by Crippen LogP contribution is -2.02. The van der Waals surface area contributed by atoms with Crippen LogP contribution in [0.2, 0.25) is 5.15 Å². The van der Waals surface area contributed by atoms with E-state index in [-0.39, 0.29) is 0 Å². The van der Waals surface area contributed by atoms with Crippen molar-refractivity contribution in [2.75, 3.05) is 0 Å². The van der Waals surface area contributed by atoms with Gasteiger partial charge in [0.1, 0.15) is 11.0 Å². The summed E-state index contributed by atoms with van der Waals surface area (Å²) in [4.78, 5) is 9.10. The summed E-state index contributed by atoms with van der Waals surface area (Å²) in [6.07, 6.45) is 3.14. The van der Waals surface area contributed by atoms with Crippen molar-refractivity contribution in [3.63, 3.8) is 0 Å². The van der Waals surface area contributed by atoms with Gasteiger partial charge in [-0.25, -0.2) is 9.97 Å². The van der Waals surface area contributed by atoms with Crippen LogP contribution >= 0.6 is 27.5 Å². The average molecular weight is 352 g/mol. The van der Waals surface area contributed by atoms with Crippen LogP contribution in [0.4, 0.5) is 0 Å². The maximum absolute atomic E-state index is 6.22. The molecule has 104 valence electrons. The summed E-state index contributed by atoms with van der Waals surface area (Å²) in [7, 11) is 0. The van der Waals surface area contributed by atoms with Gasteiger partial charge in [-0.05, 0) is 59.3 Å². The molecule has 1 heterocycles. The van der Waals surface area contributed by atoms with E-state index < -0.39 is 0 Å². The molecule has 0 aliphatic heterocycles. The Hall–Kier alpha value is -0.930. The molecule has 1 aromatic heterocycles. The lowest BCUT2D eigenvalue weighted by atomic mass is 10.0. The van der Waals surface area contributed by atoms with Gasteiger partial charge < -0.3 is 0 Å². The van der Waals surface area contributed by atoms with E-state index in [1.165, 1.54) is 29.5 Å². The minimum absolute atomic E-state index is 0.528. The number of hydrogen-bond acceptors (Lipinski definition) is 2. The first-order valence-electron chi connectivity index (χ1n) is 6.82. The van der Waals surface area contributed by atoms with E-state index in [1.807, 2.05) is 0 Å². The summed E-state index contributed by atoms with van der Waals surface area (Å²) in [6, 6.07) is 6.48. The van der Waals surface area contributed by atoms with Crippen LogP contribution in [0, 0.1) is 13.8 Å². The fourth-order valence-electron chi connectivity index (χ4n) is 2.28. The quantitative estimate of drug-likeness (QED) is 0.729. The van der Waals surface area contributed by atoms with Crippen LogP contribution in [0.5, 0.6) is 0 Å². The molecule has 0 amide bonds. The van der Waals surface area contributed by atoms with E-state index >= 15 is 0 Å². The zero-order valence-corrected chi connectivity index (χ0v) is 13.9. The Morgan fingerprint density at radius 3 is 2.60 bits per heavy atom. The molecule has 0 saturated heterocycles. The molecule has 0 bridgehead atoms. The Kier molecular flexibility index (Phi) is 3.83. The van der Waals surface area contributed by atoms with Crippen molar-refractivity contribution < 1.29 is 0 Å². The first kappa shape index (κ1) is 14.0. The standard InChI is InChI=1S/C16H16BrClN2/c1-9-3-4-11(7-10(9)2)8-13-19-15(12-5-6-12)14(17)16(18)20-13/h3-4,7,12H,5-6,8H2,1-2H3. The van der Waals surface area contributed by atoms with Crippen molar-refractivity contribution in [1.82, 2.24) is 9.97 Å². The van der Waals surface area contributed by atoms with Gasteiger partial charge >= 0.3 is 0 Å². The predicted molar refractivity (Wildman–Crippen MR) is 85.4 cm³/mol. The van der Waals surface area contributed by atoms with Crippen molar-refractivity contribution >= 4 is 27.5 Å². The van der Waals surface area contributed by atoms with E-state index in [4.69, 9.17) is 16.6 Å². The molecule has 1 saturated carbocycles. The Labute approximate surface area is 132 Å². The fraction of sp³-hybridized carbons (Fsp3) is 0.375. The summed E-state index contributed by atoms with van der Waals surface area (Å²) >= 11 is 9.72. The molecule has 3 rings (SSSR count). The first-order valence-corrected chi connectivity index (χ1v) is 7.99. The lowest BCUT2D eigenvalue weighted by Gasteiger charge is -2.08. The highest BCUT2D eigenvalue weighted by molar-refractivity contribution is 9.10. The van der Waals surface area contributed by atoms with Gasteiger partial charge in [-0.15, -0.1) is 0 Å². The Morgan fingerprint density at radius 2 is 1.95 bits per heavy atom. The average Bonchev–Trinajstić information content (AvgIpc) is 3.22. The third-order valence-corrected chi connectivity index (χ3v) is 5.06. The van der Waals surface area contributed by atoms with Crippen LogP contribution in [0.25, 0.3) is 0 Å². The molecule has 0 radical (unpaired) electrons. The van der Waals surface area contributed by atoms with Crippen LogP contribution in [0.1, 0.15) is 47.0 Å². The molecule has 0 N–H and O–H groups in total. The smallest absolute Gasteiger partial charge is 0.147 e. The third kappa shape index (κ3) is 2.89. The summed E-state index contributed by atoms with van der Waals surface area (Å²) in [5, 5.41) is 0.528. The molecule has 4 heteroatoms. The third-order valence-electron chi connectivity index (χ3n) is 3.78. The number of nitrogens with zero attached hydrogens (tertiary/aromatic N) is 2. The normalized spacial score (nSPS) is 14.6. The van der Waals surface area contributed by atoms with Gasteiger partial charge in [-0.1, -0.05) is 29.8 Å². The number of aromatic nitrogens is 2. The highest BCUT2D eigenvalue weighted by Gasteiger charge is 2.29. The summed E-state index contributed by atoms with van der Waals surface area (Å²) in [5.74, 6) is 1.37. The van der Waals surface area contributed by atoms with Gasteiger partial charge in [0.2, 0.25) is 0 Å². The van der Waals surface area contributed by atoms with Crippen LogP contribution in [-0.4, -0.2) is 9.97 Å². The maximum atomic E-state index is 6.22. The minimum Gasteiger partial charge on any atom is -0.236 e. The summed E-state index contributed by atoms with van der Waals surface area (Å²) in [6.45, 7) is 4.25. The number of aryl methyl sites for hydroxylation is 2. The molecular formula is C16H16BrClN2. The molecule has 0 spiro atoms. The zero-order chi connectivity index (χ0) is 14.3. The Morgan fingerprint density at radius 1 is 1.20 bits per heavy atom. The van der Waals surface area contributed by atoms with E-state index in [0.717, 1.165) is 22.4 Å². The maximum Gasteiger partial charge on any atom is 0.147 e. The predicted octanol–water partition coefficient (Wildman–Crippen LogP) is 4.98. The summed E-state index contributed by atoms with van der Waals surface area (Å²) < 4.78 is 0.866. The Bertz CT molecular complexity index is 666. The molecule has 0 unspecified atom stereocenters. The fourth-order valence-corrected chi connectivity index (χ4v) is 2.98. The number of benzene rings is 1. The van der Waals surface area contributed by atoms with Crippen molar-refractivity contribution in [1.29, 1.82) is 0 Å². The number of hydrogen-bond donors (Lipinski definition) is 0. The minimum atomic E-state index is 0.528. The first-order chi connectivity index (χ1) is 9.54. The number of rotatable bonds is 3. The van der Waals surface area contributed by atoms with Gasteiger partial charge in [0, 0.05) is 12.3 Å². The molecular weight excluding hydrogens is 336 g/mol. The highest BCUT2D eigenvalue weighted by Crippen LogP contribution is 2.43. The van der Waals surface area contributed by atoms with Crippen molar-refractivity contribution in [2.45, 2.75) is 39.0 Å². The molecule has 1 aliphatic carbocycles.